The van der Waals surface area contributed by atoms with E-state index < -0.39 is 11.2 Å². The lowest BCUT2D eigenvalue weighted by Gasteiger charge is -2.36. The van der Waals surface area contributed by atoms with Gasteiger partial charge in [0.05, 0.1) is 23.4 Å². The zero-order valence-electron chi connectivity index (χ0n) is 29.8. The molecule has 2 unspecified atom stereocenters. The zero-order chi connectivity index (χ0) is 36.5. The Kier molecular flexibility index (Phi) is 8.30. The Morgan fingerprint density at radius 2 is 1.75 bits per heavy atom. The van der Waals surface area contributed by atoms with Crippen LogP contribution < -0.4 is 31.9 Å². The molecule has 14 heteroatoms. The summed E-state index contributed by atoms with van der Waals surface area (Å²) >= 11 is 7.26. The fourth-order valence-corrected chi connectivity index (χ4v) is 8.59. The van der Waals surface area contributed by atoms with Crippen molar-refractivity contribution in [2.45, 2.75) is 51.1 Å². The lowest BCUT2D eigenvalue weighted by Crippen LogP contribution is -2.59. The van der Waals surface area contributed by atoms with Gasteiger partial charge in [0.15, 0.2) is 5.65 Å². The maximum absolute atomic E-state index is 13.3. The molecule has 8 rings (SSSR count). The van der Waals surface area contributed by atoms with Crippen LogP contribution in [0.25, 0.3) is 33.4 Å². The number of benzene rings is 2. The van der Waals surface area contributed by atoms with Crippen LogP contribution in [0.15, 0.2) is 52.1 Å². The van der Waals surface area contributed by atoms with Crippen molar-refractivity contribution in [2.75, 3.05) is 32.1 Å². The molecule has 3 N–H and O–H groups in total. The summed E-state index contributed by atoms with van der Waals surface area (Å²) in [5.41, 5.74) is 6.32. The van der Waals surface area contributed by atoms with Crippen LogP contribution in [0.3, 0.4) is 0 Å². The monoisotopic (exact) mass is 721 g/mol. The molecule has 2 aromatic carbocycles. The normalized spacial score (nSPS) is 19.9. The Balaban J connectivity index is 1.13. The highest BCUT2D eigenvalue weighted by atomic mass is 35.5. The summed E-state index contributed by atoms with van der Waals surface area (Å²) in [6, 6.07) is 14.0. The third-order valence-corrected chi connectivity index (χ3v) is 11.4. The van der Waals surface area contributed by atoms with E-state index in [2.05, 4.69) is 36.9 Å². The first-order valence-corrected chi connectivity index (χ1v) is 17.8. The number of carbonyl (C=O) groups excluding carboxylic acids is 1. The number of fused-ring (bicyclic) bond motifs is 2. The van der Waals surface area contributed by atoms with Gasteiger partial charge in [-0.05, 0) is 68.4 Å². The van der Waals surface area contributed by atoms with Crippen LogP contribution in [-0.4, -0.2) is 67.3 Å². The number of nitrogens with one attached hydrogen (secondary N) is 3. The molecule has 0 radical (unpaired) electrons. The van der Waals surface area contributed by atoms with Gasteiger partial charge in [0.2, 0.25) is 5.88 Å². The fraction of sp³-hybridized carbons (Fsp3) is 0.368. The van der Waals surface area contributed by atoms with E-state index in [-0.39, 0.29) is 28.6 Å². The standard InChI is InChI=1S/C38H40ClN9O4/c1-20-23(8-7-11-26(20)43-32-30-33(42-21(2)41-32)46(3)37(51)47(4)35(30)49)24-9-6-10-25(31(24)39)27-18-22-12-13-28(29(22)34(44-27)52-5)48-17-15-38(19-48)14-16-40-36(50)45-38/h6-11,18,28H,12-17,19H2,1-5H3,(H2,40,45,50)(H,41,42,43). The molecule has 0 bridgehead atoms. The number of hydrogen-bond donors (Lipinski definition) is 3. The number of halogens is 1. The van der Waals surface area contributed by atoms with E-state index >= 15 is 0 Å². The van der Waals surface area contributed by atoms with Crippen LogP contribution in [-0.2, 0) is 20.5 Å². The van der Waals surface area contributed by atoms with Crippen LogP contribution in [0.1, 0.15) is 47.8 Å². The maximum atomic E-state index is 13.3. The second-order valence-electron chi connectivity index (χ2n) is 14.1. The Hall–Kier alpha value is -5.27. The third kappa shape index (κ3) is 5.50. The van der Waals surface area contributed by atoms with Crippen LogP contribution in [0.5, 0.6) is 5.88 Å². The second-order valence-corrected chi connectivity index (χ2v) is 14.4. The second kappa shape index (κ2) is 12.7. The van der Waals surface area contributed by atoms with Gasteiger partial charge in [-0.25, -0.2) is 24.5 Å². The molecule has 2 saturated heterocycles. The summed E-state index contributed by atoms with van der Waals surface area (Å²) in [5.74, 6) is 1.34. The molecular weight excluding hydrogens is 682 g/mol. The Bertz CT molecular complexity index is 2430. The number of ether oxygens (including phenoxy) is 1. The largest absolute Gasteiger partial charge is 0.481 e. The molecule has 5 aromatic rings. The molecular formula is C38H40ClN9O4. The highest BCUT2D eigenvalue weighted by Crippen LogP contribution is 2.46. The highest BCUT2D eigenvalue weighted by molar-refractivity contribution is 6.36. The van der Waals surface area contributed by atoms with Gasteiger partial charge in [-0.15, -0.1) is 0 Å². The third-order valence-electron chi connectivity index (χ3n) is 11.0. The highest BCUT2D eigenvalue weighted by Gasteiger charge is 2.45. The van der Waals surface area contributed by atoms with Crippen molar-refractivity contribution in [3.05, 3.63) is 90.8 Å². The van der Waals surface area contributed by atoms with Crippen molar-refractivity contribution >= 4 is 40.2 Å². The van der Waals surface area contributed by atoms with E-state index in [1.54, 1.807) is 21.1 Å². The van der Waals surface area contributed by atoms with Gasteiger partial charge in [0.1, 0.15) is 17.0 Å². The number of anilines is 2. The molecule has 1 aliphatic carbocycles. The smallest absolute Gasteiger partial charge is 0.332 e. The molecule has 3 aromatic heterocycles. The van der Waals surface area contributed by atoms with Crippen LogP contribution in [0.2, 0.25) is 5.02 Å². The number of rotatable bonds is 6. The Morgan fingerprint density at radius 3 is 2.54 bits per heavy atom. The molecule has 3 aliphatic rings. The predicted molar refractivity (Wildman–Crippen MR) is 201 cm³/mol. The number of carbonyl (C=O) groups is 1. The summed E-state index contributed by atoms with van der Waals surface area (Å²) in [4.78, 5) is 54.5. The van der Waals surface area contributed by atoms with Gasteiger partial charge >= 0.3 is 11.7 Å². The SMILES string of the molecule is COc1nc(-c2cccc(-c3cccc(Nc4nc(C)nc5c4c(=O)n(C)c(=O)n5C)c3C)c2Cl)cc2c1C(N1CCC3(CCNC(=O)N3)C1)CC2. The zero-order valence-corrected chi connectivity index (χ0v) is 30.5. The molecule has 0 saturated carbocycles. The van der Waals surface area contributed by atoms with E-state index in [9.17, 15) is 14.4 Å². The average Bonchev–Trinajstić information content (AvgIpc) is 3.74. The van der Waals surface area contributed by atoms with E-state index in [1.807, 2.05) is 43.3 Å². The predicted octanol–water partition coefficient (Wildman–Crippen LogP) is 4.91. The van der Waals surface area contributed by atoms with Gasteiger partial charge in [-0.2, -0.15) is 0 Å². The molecule has 2 amide bonds. The first-order chi connectivity index (χ1) is 25.0. The number of urea groups is 1. The van der Waals surface area contributed by atoms with Gasteiger partial charge in [-0.3, -0.25) is 18.8 Å². The molecule has 2 aliphatic heterocycles. The first-order valence-electron chi connectivity index (χ1n) is 17.5. The minimum atomic E-state index is -0.478. The number of likely N-dealkylation sites (tertiary alicyclic amines) is 1. The van der Waals surface area contributed by atoms with Gasteiger partial charge in [0, 0.05) is 62.1 Å². The Labute approximate surface area is 305 Å². The van der Waals surface area contributed by atoms with Crippen LogP contribution in [0, 0.1) is 13.8 Å². The summed E-state index contributed by atoms with van der Waals surface area (Å²) in [6.07, 6.45) is 3.68. The quantitative estimate of drug-likeness (QED) is 0.222. The number of aryl methyl sites for hydroxylation is 3. The first kappa shape index (κ1) is 33.9. The van der Waals surface area contributed by atoms with Crippen molar-refractivity contribution in [3.8, 4) is 28.3 Å². The molecule has 2 atom stereocenters. The van der Waals surface area contributed by atoms with Gasteiger partial charge in [-0.1, -0.05) is 41.9 Å². The average molecular weight is 722 g/mol. The number of nitrogens with zero attached hydrogens (tertiary/aromatic N) is 6. The minimum absolute atomic E-state index is 0.0863. The van der Waals surface area contributed by atoms with Crippen molar-refractivity contribution in [3.63, 3.8) is 0 Å². The molecule has 13 nitrogen and oxygen atoms in total. The van der Waals surface area contributed by atoms with Crippen LogP contribution >= 0.6 is 11.6 Å². The number of hydrogen-bond acceptors (Lipinski definition) is 9. The summed E-state index contributed by atoms with van der Waals surface area (Å²) in [7, 11) is 4.69. The Morgan fingerprint density at radius 1 is 0.981 bits per heavy atom. The number of methoxy groups -OCH3 is 1. The van der Waals surface area contributed by atoms with E-state index in [0.717, 1.165) is 82.5 Å². The van der Waals surface area contributed by atoms with E-state index in [4.69, 9.17) is 21.3 Å². The van der Waals surface area contributed by atoms with E-state index in [0.29, 0.717) is 29.1 Å². The lowest BCUT2D eigenvalue weighted by atomic mass is 9.93. The summed E-state index contributed by atoms with van der Waals surface area (Å²) in [5, 5.41) is 10.2. The minimum Gasteiger partial charge on any atom is -0.481 e. The van der Waals surface area contributed by atoms with Gasteiger partial charge in [0.25, 0.3) is 5.56 Å². The van der Waals surface area contributed by atoms with Crippen molar-refractivity contribution < 1.29 is 9.53 Å². The molecule has 5 heterocycles. The van der Waals surface area contributed by atoms with E-state index in [1.165, 1.54) is 17.2 Å². The number of aromatic nitrogens is 5. The fourth-order valence-electron chi connectivity index (χ4n) is 8.27. The van der Waals surface area contributed by atoms with Crippen LogP contribution in [0.4, 0.5) is 16.3 Å². The van der Waals surface area contributed by atoms with Crippen molar-refractivity contribution in [2.24, 2.45) is 14.1 Å². The number of amides is 2. The van der Waals surface area contributed by atoms with Gasteiger partial charge < -0.3 is 20.7 Å². The van der Waals surface area contributed by atoms with Crippen molar-refractivity contribution in [1.29, 1.82) is 0 Å². The number of pyridine rings is 1. The summed E-state index contributed by atoms with van der Waals surface area (Å²) < 4.78 is 8.36. The summed E-state index contributed by atoms with van der Waals surface area (Å²) in [6.45, 7) is 6.11. The van der Waals surface area contributed by atoms with Crippen molar-refractivity contribution in [1.82, 2.24) is 39.6 Å². The topological polar surface area (TPSA) is 148 Å². The molecule has 1 spiro atoms. The maximum Gasteiger partial charge on any atom is 0.332 e. The molecule has 2 fully saturated rings. The lowest BCUT2D eigenvalue weighted by molar-refractivity contribution is 0.187. The molecule has 268 valence electrons. The molecule has 52 heavy (non-hydrogen) atoms.